The lowest BCUT2D eigenvalue weighted by Crippen LogP contribution is -2.35. The van der Waals surface area contributed by atoms with Gasteiger partial charge in [-0.1, -0.05) is 27.7 Å². The second-order valence-electron chi connectivity index (χ2n) is 7.19. The van der Waals surface area contributed by atoms with Crippen molar-refractivity contribution in [2.24, 2.45) is 24.8 Å². The summed E-state index contributed by atoms with van der Waals surface area (Å²) in [4.78, 5) is 0. The smallest absolute Gasteiger partial charge is 0.0524 e. The molecule has 0 radical (unpaired) electrons. The minimum absolute atomic E-state index is 0.576. The third-order valence-corrected chi connectivity index (χ3v) is 4.92. The summed E-state index contributed by atoms with van der Waals surface area (Å²) < 4.78 is 1.95. The van der Waals surface area contributed by atoms with Crippen LogP contribution in [-0.4, -0.2) is 22.4 Å². The lowest BCUT2D eigenvalue weighted by Gasteiger charge is -2.38. The third-order valence-electron chi connectivity index (χ3n) is 4.92. The molecule has 1 aliphatic rings. The zero-order chi connectivity index (χ0) is 14.7. The maximum Gasteiger partial charge on any atom is 0.0524 e. The maximum atomic E-state index is 4.39. The van der Waals surface area contributed by atoms with E-state index in [0.717, 1.165) is 24.3 Å². The first-order valence-electron chi connectivity index (χ1n) is 8.19. The van der Waals surface area contributed by atoms with Crippen molar-refractivity contribution in [3.8, 4) is 0 Å². The van der Waals surface area contributed by atoms with Crippen LogP contribution >= 0.6 is 0 Å². The van der Waals surface area contributed by atoms with Gasteiger partial charge in [-0.3, -0.25) is 4.68 Å². The van der Waals surface area contributed by atoms with Gasteiger partial charge in [0.2, 0.25) is 0 Å². The summed E-state index contributed by atoms with van der Waals surface area (Å²) >= 11 is 0. The largest absolute Gasteiger partial charge is 0.314 e. The Labute approximate surface area is 124 Å². The van der Waals surface area contributed by atoms with Crippen molar-refractivity contribution in [3.05, 3.63) is 18.0 Å². The van der Waals surface area contributed by atoms with Gasteiger partial charge in [-0.2, -0.15) is 5.10 Å². The number of nitrogens with one attached hydrogen (secondary N) is 1. The molecule has 3 atom stereocenters. The van der Waals surface area contributed by atoms with E-state index < -0.39 is 0 Å². The molecule has 3 heteroatoms. The van der Waals surface area contributed by atoms with Crippen molar-refractivity contribution in [3.63, 3.8) is 0 Å². The van der Waals surface area contributed by atoms with Gasteiger partial charge in [-0.05, 0) is 55.0 Å². The molecule has 0 bridgehead atoms. The highest BCUT2D eigenvalue weighted by molar-refractivity contribution is 5.14. The minimum atomic E-state index is 0.576. The van der Waals surface area contributed by atoms with E-state index in [-0.39, 0.29) is 0 Å². The van der Waals surface area contributed by atoms with Crippen LogP contribution in [0.2, 0.25) is 0 Å². The summed E-state index contributed by atoms with van der Waals surface area (Å²) in [5, 5.41) is 8.03. The molecule has 0 amide bonds. The van der Waals surface area contributed by atoms with Crippen molar-refractivity contribution in [1.82, 2.24) is 15.1 Å². The Morgan fingerprint density at radius 2 is 2.05 bits per heavy atom. The lowest BCUT2D eigenvalue weighted by atomic mass is 9.68. The Morgan fingerprint density at radius 1 is 1.30 bits per heavy atom. The number of rotatable bonds is 5. The fourth-order valence-electron chi connectivity index (χ4n) is 3.54. The predicted octanol–water partition coefficient (Wildman–Crippen LogP) is 3.57. The summed E-state index contributed by atoms with van der Waals surface area (Å²) in [6, 6.07) is 0.576. The SMILES string of the molecule is CC(C)NCC1CCC(C(C)C)CC1c1cnn(C)c1. The second kappa shape index (κ2) is 6.75. The quantitative estimate of drug-likeness (QED) is 0.891. The standard InChI is InChI=1S/C17H31N3/c1-12(2)14-6-7-15(9-18-13(3)4)17(8-14)16-10-19-20(5)11-16/h10-15,17-18H,6-9H2,1-5H3. The molecule has 2 rings (SSSR count). The summed E-state index contributed by atoms with van der Waals surface area (Å²) in [6.07, 6.45) is 8.36. The molecule has 3 unspecified atom stereocenters. The molecule has 1 N–H and O–H groups in total. The molecular formula is C17H31N3. The Hall–Kier alpha value is -0.830. The molecule has 1 saturated carbocycles. The first-order valence-corrected chi connectivity index (χ1v) is 8.19. The van der Waals surface area contributed by atoms with Gasteiger partial charge in [-0.25, -0.2) is 0 Å². The van der Waals surface area contributed by atoms with E-state index in [1.54, 1.807) is 0 Å². The van der Waals surface area contributed by atoms with E-state index in [2.05, 4.69) is 50.5 Å². The Morgan fingerprint density at radius 3 is 2.60 bits per heavy atom. The van der Waals surface area contributed by atoms with Crippen molar-refractivity contribution in [2.45, 2.75) is 58.9 Å². The third kappa shape index (κ3) is 3.85. The van der Waals surface area contributed by atoms with Gasteiger partial charge in [-0.15, -0.1) is 0 Å². The molecule has 1 aromatic rings. The fraction of sp³-hybridized carbons (Fsp3) is 0.824. The number of aryl methyl sites for hydroxylation is 1. The highest BCUT2D eigenvalue weighted by Gasteiger charge is 2.33. The van der Waals surface area contributed by atoms with Crippen molar-refractivity contribution in [1.29, 1.82) is 0 Å². The Kier molecular flexibility index (Phi) is 5.25. The van der Waals surface area contributed by atoms with Crippen molar-refractivity contribution < 1.29 is 0 Å². The van der Waals surface area contributed by atoms with Crippen LogP contribution in [0, 0.1) is 17.8 Å². The van der Waals surface area contributed by atoms with Crippen molar-refractivity contribution >= 4 is 0 Å². The van der Waals surface area contributed by atoms with Gasteiger partial charge < -0.3 is 5.32 Å². The molecule has 1 aliphatic carbocycles. The maximum absolute atomic E-state index is 4.39. The highest BCUT2D eigenvalue weighted by atomic mass is 15.2. The molecule has 3 nitrogen and oxygen atoms in total. The van der Waals surface area contributed by atoms with Gasteiger partial charge in [0.25, 0.3) is 0 Å². The number of aromatic nitrogens is 2. The summed E-state index contributed by atoms with van der Waals surface area (Å²) in [6.45, 7) is 10.4. The first-order chi connectivity index (χ1) is 9.47. The van der Waals surface area contributed by atoms with Crippen LogP contribution in [0.1, 0.15) is 58.4 Å². The van der Waals surface area contributed by atoms with Crippen LogP contribution in [0.25, 0.3) is 0 Å². The van der Waals surface area contributed by atoms with E-state index in [1.165, 1.54) is 24.8 Å². The van der Waals surface area contributed by atoms with Crippen LogP contribution < -0.4 is 5.32 Å². The van der Waals surface area contributed by atoms with Crippen LogP contribution in [0.4, 0.5) is 0 Å². The molecule has 114 valence electrons. The topological polar surface area (TPSA) is 29.9 Å². The van der Waals surface area contributed by atoms with E-state index >= 15 is 0 Å². The van der Waals surface area contributed by atoms with Gasteiger partial charge in [0.1, 0.15) is 0 Å². The number of hydrogen-bond donors (Lipinski definition) is 1. The second-order valence-corrected chi connectivity index (χ2v) is 7.19. The lowest BCUT2D eigenvalue weighted by molar-refractivity contribution is 0.188. The van der Waals surface area contributed by atoms with Crippen LogP contribution in [-0.2, 0) is 7.05 Å². The molecule has 0 aliphatic heterocycles. The van der Waals surface area contributed by atoms with Crippen LogP contribution in [0.15, 0.2) is 12.4 Å². The van der Waals surface area contributed by atoms with E-state index in [4.69, 9.17) is 0 Å². The van der Waals surface area contributed by atoms with Crippen LogP contribution in [0.5, 0.6) is 0 Å². The van der Waals surface area contributed by atoms with E-state index in [0.29, 0.717) is 12.0 Å². The molecule has 0 spiro atoms. The van der Waals surface area contributed by atoms with Gasteiger partial charge in [0.15, 0.2) is 0 Å². The molecule has 0 aromatic carbocycles. The zero-order valence-corrected chi connectivity index (χ0v) is 13.8. The van der Waals surface area contributed by atoms with Crippen molar-refractivity contribution in [2.75, 3.05) is 6.54 Å². The summed E-state index contributed by atoms with van der Waals surface area (Å²) in [5.74, 6) is 3.11. The van der Waals surface area contributed by atoms with E-state index in [9.17, 15) is 0 Å². The molecule has 0 saturated heterocycles. The molecule has 20 heavy (non-hydrogen) atoms. The average molecular weight is 277 g/mol. The number of nitrogens with zero attached hydrogens (tertiary/aromatic N) is 2. The molecule has 1 aromatic heterocycles. The highest BCUT2D eigenvalue weighted by Crippen LogP contribution is 2.42. The number of hydrogen-bond acceptors (Lipinski definition) is 2. The van der Waals surface area contributed by atoms with Gasteiger partial charge >= 0.3 is 0 Å². The molecule has 1 heterocycles. The molecule has 1 fully saturated rings. The predicted molar refractivity (Wildman–Crippen MR) is 84.8 cm³/mol. The van der Waals surface area contributed by atoms with Crippen LogP contribution in [0.3, 0.4) is 0 Å². The fourth-order valence-corrected chi connectivity index (χ4v) is 3.54. The van der Waals surface area contributed by atoms with E-state index in [1.807, 2.05) is 11.7 Å². The Bertz CT molecular complexity index is 408. The van der Waals surface area contributed by atoms with Gasteiger partial charge in [0.05, 0.1) is 6.20 Å². The first kappa shape index (κ1) is 15.6. The summed E-state index contributed by atoms with van der Waals surface area (Å²) in [7, 11) is 2.02. The van der Waals surface area contributed by atoms with Gasteiger partial charge in [0, 0.05) is 19.3 Å². The average Bonchev–Trinajstić information content (AvgIpc) is 2.82. The molecular weight excluding hydrogens is 246 g/mol. The zero-order valence-electron chi connectivity index (χ0n) is 13.8. The summed E-state index contributed by atoms with van der Waals surface area (Å²) in [5.41, 5.74) is 1.44. The minimum Gasteiger partial charge on any atom is -0.314 e. The monoisotopic (exact) mass is 277 g/mol. The normalized spacial score (nSPS) is 27.4. The Balaban J connectivity index is 2.09.